The lowest BCUT2D eigenvalue weighted by molar-refractivity contribution is 0.228. The average Bonchev–Trinajstić information content (AvgIpc) is 2.45. The van der Waals surface area contributed by atoms with Crippen molar-refractivity contribution in [1.29, 1.82) is 0 Å². The minimum atomic E-state index is -0.187. The Bertz CT molecular complexity index is 447. The largest absolute Gasteiger partial charge is 0.370 e. The number of carbonyl (C=O) groups excluding carboxylic acids is 1. The zero-order valence-corrected chi connectivity index (χ0v) is 13.2. The molecule has 21 heavy (non-hydrogen) atoms. The van der Waals surface area contributed by atoms with E-state index in [0.29, 0.717) is 5.92 Å². The molecule has 0 aliphatic carbocycles. The Morgan fingerprint density at radius 2 is 2.10 bits per heavy atom. The van der Waals surface area contributed by atoms with Crippen molar-refractivity contribution < 1.29 is 4.79 Å². The summed E-state index contributed by atoms with van der Waals surface area (Å²) in [6, 6.07) is 4.00. The van der Waals surface area contributed by atoms with Crippen LogP contribution in [0, 0.1) is 5.92 Å². The molecule has 0 spiro atoms. The molecule has 5 heteroatoms. The first-order chi connectivity index (χ1) is 9.94. The molecular weight excluding hydrogens is 264 g/mol. The number of nitrogens with zero attached hydrogens (tertiary/aromatic N) is 2. The van der Waals surface area contributed by atoms with Gasteiger partial charge in [-0.15, -0.1) is 0 Å². The second kappa shape index (κ2) is 6.78. The smallest absolute Gasteiger partial charge is 0.315 e. The third-order valence-electron chi connectivity index (χ3n) is 3.67. The molecule has 0 aromatic carbocycles. The quantitative estimate of drug-likeness (QED) is 0.898. The van der Waals surface area contributed by atoms with Crippen LogP contribution in [0.5, 0.6) is 0 Å². The molecule has 1 fully saturated rings. The molecule has 1 saturated heterocycles. The molecule has 2 heterocycles. The van der Waals surface area contributed by atoms with Gasteiger partial charge in [0.25, 0.3) is 0 Å². The van der Waals surface area contributed by atoms with Crippen LogP contribution < -0.4 is 15.5 Å². The summed E-state index contributed by atoms with van der Waals surface area (Å²) in [5, 5.41) is 5.91. The molecule has 0 atom stereocenters. The molecule has 2 rings (SSSR count). The van der Waals surface area contributed by atoms with Crippen LogP contribution in [0.2, 0.25) is 0 Å². The summed E-state index contributed by atoms with van der Waals surface area (Å²) in [5.74, 6) is 0.559. The molecule has 5 nitrogen and oxygen atoms in total. The first kappa shape index (κ1) is 15.6. The zero-order chi connectivity index (χ0) is 15.3. The molecule has 2 N–H and O–H groups in total. The fourth-order valence-electron chi connectivity index (χ4n) is 2.56. The predicted molar refractivity (Wildman–Crippen MR) is 85.5 cm³/mol. The average molecular weight is 290 g/mol. The number of nitrogens with one attached hydrogen (secondary N) is 2. The highest BCUT2D eigenvalue weighted by molar-refractivity contribution is 5.74. The summed E-state index contributed by atoms with van der Waals surface area (Å²) >= 11 is 0. The number of hydrogen-bond acceptors (Lipinski definition) is 3. The van der Waals surface area contributed by atoms with Crippen LogP contribution in [0.15, 0.2) is 24.5 Å². The van der Waals surface area contributed by atoms with Gasteiger partial charge in [0.15, 0.2) is 0 Å². The van der Waals surface area contributed by atoms with Crippen LogP contribution in [0.3, 0.4) is 0 Å². The molecule has 0 saturated carbocycles. The van der Waals surface area contributed by atoms with E-state index in [2.05, 4.69) is 26.6 Å². The molecular formula is C16H26N4O. The summed E-state index contributed by atoms with van der Waals surface area (Å²) in [6.07, 6.45) is 5.92. The first-order valence-corrected chi connectivity index (χ1v) is 7.65. The number of pyridine rings is 1. The number of aromatic nitrogens is 1. The van der Waals surface area contributed by atoms with Crippen molar-refractivity contribution in [1.82, 2.24) is 15.6 Å². The topological polar surface area (TPSA) is 57.3 Å². The second-order valence-electron chi connectivity index (χ2n) is 6.73. The summed E-state index contributed by atoms with van der Waals surface area (Å²) in [7, 11) is 0. The van der Waals surface area contributed by atoms with E-state index in [1.54, 1.807) is 6.20 Å². The molecule has 2 amide bonds. The third kappa shape index (κ3) is 5.25. The van der Waals surface area contributed by atoms with Gasteiger partial charge in [-0.05, 0) is 51.7 Å². The highest BCUT2D eigenvalue weighted by Crippen LogP contribution is 2.21. The number of piperidine rings is 1. The molecule has 0 radical (unpaired) electrons. The SMILES string of the molecule is CC(C)(C)NC(=O)NCC1CCN(c2cccnc2)CC1. The Balaban J connectivity index is 1.71. The highest BCUT2D eigenvalue weighted by atomic mass is 16.2. The number of amides is 2. The lowest BCUT2D eigenvalue weighted by atomic mass is 9.96. The van der Waals surface area contributed by atoms with Gasteiger partial charge in [-0.1, -0.05) is 0 Å². The Labute approximate surface area is 127 Å². The van der Waals surface area contributed by atoms with Crippen LogP contribution >= 0.6 is 0 Å². The van der Waals surface area contributed by atoms with E-state index in [1.165, 1.54) is 5.69 Å². The van der Waals surface area contributed by atoms with Crippen molar-refractivity contribution in [3.8, 4) is 0 Å². The number of carbonyl (C=O) groups is 1. The summed E-state index contributed by atoms with van der Waals surface area (Å²) in [6.45, 7) is 8.76. The van der Waals surface area contributed by atoms with Crippen molar-refractivity contribution in [2.24, 2.45) is 5.92 Å². The maximum absolute atomic E-state index is 11.7. The molecule has 1 aromatic rings. The molecule has 116 valence electrons. The highest BCUT2D eigenvalue weighted by Gasteiger charge is 2.20. The van der Waals surface area contributed by atoms with Crippen LogP contribution in [0.1, 0.15) is 33.6 Å². The van der Waals surface area contributed by atoms with E-state index in [-0.39, 0.29) is 11.6 Å². The molecule has 0 bridgehead atoms. The summed E-state index contributed by atoms with van der Waals surface area (Å²) < 4.78 is 0. The number of urea groups is 1. The van der Waals surface area contributed by atoms with Gasteiger partial charge in [0.1, 0.15) is 0 Å². The van der Waals surface area contributed by atoms with Gasteiger partial charge in [-0.3, -0.25) is 4.98 Å². The second-order valence-corrected chi connectivity index (χ2v) is 6.73. The Morgan fingerprint density at radius 3 is 2.67 bits per heavy atom. The van der Waals surface area contributed by atoms with Gasteiger partial charge in [-0.2, -0.15) is 0 Å². The lowest BCUT2D eigenvalue weighted by Crippen LogP contribution is -2.48. The molecule has 1 aromatic heterocycles. The van der Waals surface area contributed by atoms with Crippen molar-refractivity contribution >= 4 is 11.7 Å². The lowest BCUT2D eigenvalue weighted by Gasteiger charge is -2.33. The van der Waals surface area contributed by atoms with Gasteiger partial charge >= 0.3 is 6.03 Å². The maximum Gasteiger partial charge on any atom is 0.315 e. The normalized spacial score (nSPS) is 16.6. The standard InChI is InChI=1S/C16H26N4O/c1-16(2,3)19-15(21)18-11-13-6-9-20(10-7-13)14-5-4-8-17-12-14/h4-5,8,12-13H,6-7,9-11H2,1-3H3,(H2,18,19,21). The monoisotopic (exact) mass is 290 g/mol. The van der Waals surface area contributed by atoms with Gasteiger partial charge in [0, 0.05) is 31.4 Å². The molecule has 1 aliphatic heterocycles. The van der Waals surface area contributed by atoms with Gasteiger partial charge in [-0.25, -0.2) is 4.79 Å². The van der Waals surface area contributed by atoms with E-state index in [9.17, 15) is 4.79 Å². The minimum Gasteiger partial charge on any atom is -0.370 e. The van der Waals surface area contributed by atoms with Crippen LogP contribution in [-0.2, 0) is 0 Å². The number of rotatable bonds is 3. The van der Waals surface area contributed by atoms with Crippen LogP contribution in [0.25, 0.3) is 0 Å². The van der Waals surface area contributed by atoms with E-state index in [4.69, 9.17) is 0 Å². The Morgan fingerprint density at radius 1 is 1.38 bits per heavy atom. The van der Waals surface area contributed by atoms with E-state index < -0.39 is 0 Å². The Hall–Kier alpha value is -1.78. The van der Waals surface area contributed by atoms with Crippen LogP contribution in [-0.4, -0.2) is 36.2 Å². The van der Waals surface area contributed by atoms with Gasteiger partial charge in [0.2, 0.25) is 0 Å². The van der Waals surface area contributed by atoms with Gasteiger partial charge in [0.05, 0.1) is 11.9 Å². The fourth-order valence-corrected chi connectivity index (χ4v) is 2.56. The summed E-state index contributed by atoms with van der Waals surface area (Å²) in [4.78, 5) is 18.3. The molecule has 0 unspecified atom stereocenters. The fraction of sp³-hybridized carbons (Fsp3) is 0.625. The van der Waals surface area contributed by atoms with Crippen LogP contribution in [0.4, 0.5) is 10.5 Å². The van der Waals surface area contributed by atoms with Crippen molar-refractivity contribution in [2.75, 3.05) is 24.5 Å². The summed E-state index contributed by atoms with van der Waals surface area (Å²) in [5.41, 5.74) is 1.00. The Kier molecular flexibility index (Phi) is 5.04. The first-order valence-electron chi connectivity index (χ1n) is 7.65. The number of hydrogen-bond donors (Lipinski definition) is 2. The zero-order valence-electron chi connectivity index (χ0n) is 13.2. The number of anilines is 1. The predicted octanol–water partition coefficient (Wildman–Crippen LogP) is 2.40. The third-order valence-corrected chi connectivity index (χ3v) is 3.67. The van der Waals surface area contributed by atoms with Crippen molar-refractivity contribution in [3.63, 3.8) is 0 Å². The van der Waals surface area contributed by atoms with E-state index in [0.717, 1.165) is 32.5 Å². The maximum atomic E-state index is 11.7. The van der Waals surface area contributed by atoms with E-state index in [1.807, 2.05) is 33.0 Å². The van der Waals surface area contributed by atoms with Crippen molar-refractivity contribution in [3.05, 3.63) is 24.5 Å². The van der Waals surface area contributed by atoms with E-state index >= 15 is 0 Å². The van der Waals surface area contributed by atoms with Gasteiger partial charge < -0.3 is 15.5 Å². The van der Waals surface area contributed by atoms with Crippen molar-refractivity contribution in [2.45, 2.75) is 39.2 Å². The minimum absolute atomic E-state index is 0.0720. The molecule has 1 aliphatic rings.